The first kappa shape index (κ1) is 35.5. The maximum atomic E-state index is 6.60. The smallest absolute Gasteiger partial charge is 0.136 e. The van der Waals surface area contributed by atoms with Crippen LogP contribution >= 0.6 is 0 Å². The van der Waals surface area contributed by atoms with Gasteiger partial charge in [-0.3, -0.25) is 0 Å². The minimum absolute atomic E-state index is 0.553. The molecule has 2 nitrogen and oxygen atoms in total. The molecule has 0 saturated heterocycles. The van der Waals surface area contributed by atoms with Crippen molar-refractivity contribution in [2.45, 2.75) is 5.41 Å². The molecule has 0 fully saturated rings. The van der Waals surface area contributed by atoms with Gasteiger partial charge in [-0.15, -0.1) is 0 Å². The molecule has 0 amide bonds. The number of rotatable bonds is 6. The Labute approximate surface area is 366 Å². The minimum atomic E-state index is -0.553. The molecule has 1 aromatic heterocycles. The Morgan fingerprint density at radius 3 is 1.49 bits per heavy atom. The van der Waals surface area contributed by atoms with E-state index in [0.29, 0.717) is 0 Å². The first-order valence-electron chi connectivity index (χ1n) is 21.8. The van der Waals surface area contributed by atoms with Gasteiger partial charge in [0, 0.05) is 27.6 Å². The first-order valence-corrected chi connectivity index (χ1v) is 21.8. The van der Waals surface area contributed by atoms with Crippen molar-refractivity contribution in [3.8, 4) is 55.6 Å². The van der Waals surface area contributed by atoms with Gasteiger partial charge in [-0.25, -0.2) is 0 Å². The topological polar surface area (TPSA) is 16.4 Å². The molecule has 0 unspecified atom stereocenters. The van der Waals surface area contributed by atoms with E-state index in [0.717, 1.165) is 61.3 Å². The second-order valence-electron chi connectivity index (χ2n) is 16.7. The Balaban J connectivity index is 1.14. The molecule has 0 radical (unpaired) electrons. The second-order valence-corrected chi connectivity index (χ2v) is 16.7. The molecule has 2 aliphatic carbocycles. The van der Waals surface area contributed by atoms with Gasteiger partial charge in [0.15, 0.2) is 0 Å². The normalized spacial score (nSPS) is 12.9. The lowest BCUT2D eigenvalue weighted by Gasteiger charge is -2.36. The highest BCUT2D eigenvalue weighted by molar-refractivity contribution is 6.08. The molecular weight excluding hydrogens is 763 g/mol. The number of hydrogen-bond acceptors (Lipinski definition) is 2. The van der Waals surface area contributed by atoms with Crippen LogP contribution in [0.3, 0.4) is 0 Å². The van der Waals surface area contributed by atoms with Crippen molar-refractivity contribution < 1.29 is 4.42 Å². The van der Waals surface area contributed by atoms with Crippen molar-refractivity contribution in [1.29, 1.82) is 0 Å². The number of fused-ring (bicyclic) bond motifs is 13. The summed E-state index contributed by atoms with van der Waals surface area (Å²) in [7, 11) is 0. The quantitative estimate of drug-likeness (QED) is 0.167. The van der Waals surface area contributed by atoms with Crippen LogP contribution in [0.15, 0.2) is 241 Å². The van der Waals surface area contributed by atoms with Crippen molar-refractivity contribution >= 4 is 39.0 Å². The van der Waals surface area contributed by atoms with Crippen LogP contribution in [0, 0.1) is 0 Å². The van der Waals surface area contributed by atoms with Crippen LogP contribution in [0.25, 0.3) is 77.6 Å². The van der Waals surface area contributed by atoms with Gasteiger partial charge in [0.1, 0.15) is 11.2 Å². The van der Waals surface area contributed by atoms with E-state index >= 15 is 0 Å². The van der Waals surface area contributed by atoms with Gasteiger partial charge in [-0.05, 0) is 109 Å². The van der Waals surface area contributed by atoms with Crippen LogP contribution in [-0.2, 0) is 5.41 Å². The summed E-state index contributed by atoms with van der Waals surface area (Å²) >= 11 is 0. The Kier molecular flexibility index (Phi) is 7.85. The lowest BCUT2D eigenvalue weighted by Crippen LogP contribution is -2.28. The zero-order chi connectivity index (χ0) is 41.5. The molecule has 10 aromatic carbocycles. The maximum Gasteiger partial charge on any atom is 0.136 e. The van der Waals surface area contributed by atoms with Gasteiger partial charge in [0.25, 0.3) is 0 Å². The second kappa shape index (κ2) is 13.9. The third kappa shape index (κ3) is 5.19. The summed E-state index contributed by atoms with van der Waals surface area (Å²) < 4.78 is 6.60. The van der Waals surface area contributed by atoms with E-state index in [2.05, 4.69) is 235 Å². The summed E-state index contributed by atoms with van der Waals surface area (Å²) in [6.07, 6.45) is 0. The molecule has 294 valence electrons. The Morgan fingerprint density at radius 2 is 0.810 bits per heavy atom. The Hall–Kier alpha value is -8.20. The van der Waals surface area contributed by atoms with E-state index in [-0.39, 0.29) is 0 Å². The molecule has 0 aliphatic heterocycles. The third-order valence-electron chi connectivity index (χ3n) is 13.5. The number of furan rings is 1. The molecule has 11 aromatic rings. The van der Waals surface area contributed by atoms with Crippen LogP contribution in [0.5, 0.6) is 0 Å². The Morgan fingerprint density at radius 1 is 0.317 bits per heavy atom. The number of anilines is 3. The summed E-state index contributed by atoms with van der Waals surface area (Å²) in [4.78, 5) is 2.54. The van der Waals surface area contributed by atoms with E-state index < -0.39 is 5.41 Å². The lowest BCUT2D eigenvalue weighted by molar-refractivity contribution is 0.669. The monoisotopic (exact) mass is 801 g/mol. The number of benzene rings is 10. The maximum absolute atomic E-state index is 6.60. The predicted octanol–water partition coefficient (Wildman–Crippen LogP) is 16.4. The summed E-state index contributed by atoms with van der Waals surface area (Å²) in [5.41, 5.74) is 21.7. The molecule has 2 aliphatic rings. The fourth-order valence-corrected chi connectivity index (χ4v) is 10.9. The van der Waals surface area contributed by atoms with Gasteiger partial charge in [-0.2, -0.15) is 0 Å². The number of nitrogens with zero attached hydrogens (tertiary/aromatic N) is 1. The number of hydrogen-bond donors (Lipinski definition) is 0. The predicted molar refractivity (Wildman–Crippen MR) is 261 cm³/mol. The van der Waals surface area contributed by atoms with E-state index in [1.165, 1.54) is 55.6 Å². The van der Waals surface area contributed by atoms with E-state index in [4.69, 9.17) is 4.42 Å². The molecule has 1 spiro atoms. The SMILES string of the molecule is c1ccc(-c2ccc(N(c3cccc(-c4ccccc4)c3-c3ccc4c(c3)oc3ccccc34)c3cccc4c3C3(c5ccccc5-c5ccccc53)c3ccccc3-4)cc2)cc1. The fourth-order valence-electron chi connectivity index (χ4n) is 10.9. The average molecular weight is 802 g/mol. The van der Waals surface area contributed by atoms with E-state index in [1.807, 2.05) is 6.07 Å². The zero-order valence-corrected chi connectivity index (χ0v) is 34.4. The lowest BCUT2D eigenvalue weighted by atomic mass is 9.70. The van der Waals surface area contributed by atoms with Crippen molar-refractivity contribution in [1.82, 2.24) is 0 Å². The molecule has 0 saturated carbocycles. The molecule has 0 atom stereocenters. The van der Waals surface area contributed by atoms with Crippen molar-refractivity contribution in [2.75, 3.05) is 4.90 Å². The van der Waals surface area contributed by atoms with Crippen LogP contribution in [0.4, 0.5) is 17.1 Å². The summed E-state index contributed by atoms with van der Waals surface area (Å²) in [5.74, 6) is 0. The average Bonchev–Trinajstić information content (AvgIpc) is 3.99. The van der Waals surface area contributed by atoms with Gasteiger partial charge in [0.05, 0.1) is 16.8 Å². The highest BCUT2D eigenvalue weighted by Crippen LogP contribution is 2.65. The summed E-state index contributed by atoms with van der Waals surface area (Å²) in [6.45, 7) is 0. The van der Waals surface area contributed by atoms with Crippen molar-refractivity contribution in [2.24, 2.45) is 0 Å². The minimum Gasteiger partial charge on any atom is -0.456 e. The molecule has 0 N–H and O–H groups in total. The van der Waals surface area contributed by atoms with Crippen LogP contribution in [-0.4, -0.2) is 0 Å². The standard InChI is InChI=1S/C61H39NO/c1-3-17-40(18-4-1)41-33-36-44(37-34-41)62(55-30-15-25-45(42-19-5-2-6-20-42)59(55)43-35-38-50-49-24-10-14-32-57(49)63-58(50)39-43)56-31-16-26-51-48-23-9-13-29-54(48)61(60(51)56)52-27-11-7-21-46(52)47-22-8-12-28-53(47)61/h1-39H. The number of para-hydroxylation sites is 1. The van der Waals surface area contributed by atoms with Crippen LogP contribution in [0.1, 0.15) is 22.3 Å². The van der Waals surface area contributed by atoms with Crippen molar-refractivity contribution in [3.63, 3.8) is 0 Å². The van der Waals surface area contributed by atoms with Gasteiger partial charge >= 0.3 is 0 Å². The molecule has 0 bridgehead atoms. The fraction of sp³-hybridized carbons (Fsp3) is 0.0164. The van der Waals surface area contributed by atoms with Crippen LogP contribution < -0.4 is 4.90 Å². The molecule has 63 heavy (non-hydrogen) atoms. The van der Waals surface area contributed by atoms with Gasteiger partial charge in [-0.1, -0.05) is 194 Å². The highest BCUT2D eigenvalue weighted by Gasteiger charge is 2.53. The van der Waals surface area contributed by atoms with Gasteiger partial charge in [0.2, 0.25) is 0 Å². The Bertz CT molecular complexity index is 3500. The van der Waals surface area contributed by atoms with E-state index in [1.54, 1.807) is 0 Å². The largest absolute Gasteiger partial charge is 0.456 e. The third-order valence-corrected chi connectivity index (χ3v) is 13.5. The zero-order valence-electron chi connectivity index (χ0n) is 34.4. The first-order chi connectivity index (χ1) is 31.3. The molecule has 1 heterocycles. The van der Waals surface area contributed by atoms with Crippen molar-refractivity contribution in [3.05, 3.63) is 259 Å². The highest BCUT2D eigenvalue weighted by atomic mass is 16.3. The van der Waals surface area contributed by atoms with E-state index in [9.17, 15) is 0 Å². The molecular formula is C61H39NO. The molecule has 2 heteroatoms. The van der Waals surface area contributed by atoms with Gasteiger partial charge < -0.3 is 9.32 Å². The van der Waals surface area contributed by atoms with Crippen LogP contribution in [0.2, 0.25) is 0 Å². The summed E-state index contributed by atoms with van der Waals surface area (Å²) in [5, 5.41) is 2.23. The molecule has 13 rings (SSSR count). The summed E-state index contributed by atoms with van der Waals surface area (Å²) in [6, 6.07) is 86.6.